The Balaban J connectivity index is 1.38. The SMILES string of the molecule is [2H]c1c(-c2c([2H])c([2H])c([2H])c([Si](c3ccccc3)(c3c([2H])c([2H])c([2H])c([2H])c3[2H])c3c([2H])c([2H])c([2H])c([2H])c3[2H])c2[2H])nc(-n2c3ccccc3c3ccccc32)nc1-n1c2ccccc2c2ccccc21. The monoisotopic (exact) mass is 759 g/mol. The van der Waals surface area contributed by atoms with Crippen LogP contribution in [-0.2, 0) is 0 Å². The molecule has 0 saturated carbocycles. The molecule has 0 unspecified atom stereocenters. The lowest BCUT2D eigenvalue weighted by molar-refractivity contribution is 0.952. The van der Waals surface area contributed by atoms with Gasteiger partial charge < -0.3 is 0 Å². The van der Waals surface area contributed by atoms with Gasteiger partial charge >= 0.3 is 0 Å². The maximum Gasteiger partial charge on any atom is 0.237 e. The van der Waals surface area contributed by atoms with E-state index in [1.54, 1.807) is 27.3 Å². The Kier molecular flexibility index (Phi) is 4.98. The summed E-state index contributed by atoms with van der Waals surface area (Å²) in [5, 5.41) is 1.77. The zero-order chi connectivity index (χ0) is 50.8. The molecule has 5 heteroatoms. The molecule has 11 aromatic rings. The smallest absolute Gasteiger partial charge is 0.237 e. The van der Waals surface area contributed by atoms with Gasteiger partial charge in [-0.15, -0.1) is 0 Å². The molecule has 0 N–H and O–H groups in total. The highest BCUT2D eigenvalue weighted by molar-refractivity contribution is 7.19. The zero-order valence-electron chi connectivity index (χ0n) is 44.9. The van der Waals surface area contributed by atoms with Gasteiger partial charge in [-0.05, 0) is 45.0 Å². The molecule has 0 radical (unpaired) electrons. The summed E-state index contributed by atoms with van der Waals surface area (Å²) in [6.07, 6.45) is 0. The summed E-state index contributed by atoms with van der Waals surface area (Å²) in [5.74, 6) is 0.0128. The maximum atomic E-state index is 10.5. The molecule has 268 valence electrons. The number of aromatic nitrogens is 4. The van der Waals surface area contributed by atoms with Gasteiger partial charge in [-0.1, -0.05) is 188 Å². The summed E-state index contributed by atoms with van der Waals surface area (Å²) in [7, 11) is -5.34. The average molecular weight is 760 g/mol. The fourth-order valence-corrected chi connectivity index (χ4v) is 11.9. The van der Waals surface area contributed by atoms with Crippen LogP contribution in [0.3, 0.4) is 0 Å². The fraction of sp³-hybridized carbons (Fsp3) is 0. The fourth-order valence-electron chi connectivity index (χ4n) is 8.02. The van der Waals surface area contributed by atoms with Crippen LogP contribution in [0.4, 0.5) is 0 Å². The Morgan fingerprint density at radius 1 is 0.386 bits per heavy atom. The van der Waals surface area contributed by atoms with E-state index in [4.69, 9.17) is 18.2 Å². The van der Waals surface area contributed by atoms with E-state index in [1.165, 1.54) is 12.1 Å². The molecule has 0 aliphatic heterocycles. The van der Waals surface area contributed by atoms with Gasteiger partial charge in [0.2, 0.25) is 5.95 Å². The van der Waals surface area contributed by atoms with Crippen molar-refractivity contribution in [2.45, 2.75) is 0 Å². The lowest BCUT2D eigenvalue weighted by Gasteiger charge is -2.34. The Bertz CT molecular complexity index is 3900. The first-order valence-corrected chi connectivity index (χ1v) is 20.2. The quantitative estimate of drug-likeness (QED) is 0.120. The molecule has 0 atom stereocenters. The number of para-hydroxylation sites is 4. The van der Waals surface area contributed by atoms with E-state index in [2.05, 4.69) is 0 Å². The second-order valence-corrected chi connectivity index (χ2v) is 17.0. The molecule has 0 spiro atoms. The van der Waals surface area contributed by atoms with Gasteiger partial charge in [0.05, 0.1) is 48.3 Å². The third-order valence-corrected chi connectivity index (χ3v) is 14.6. The minimum Gasteiger partial charge on any atom is -0.294 e. The molecule has 57 heavy (non-hydrogen) atoms. The highest BCUT2D eigenvalue weighted by Crippen LogP contribution is 2.35. The van der Waals surface area contributed by atoms with Crippen molar-refractivity contribution in [2.75, 3.05) is 0 Å². The van der Waals surface area contributed by atoms with E-state index >= 15 is 0 Å². The highest BCUT2D eigenvalue weighted by atomic mass is 28.3. The Labute approximate surface area is 352 Å². The van der Waals surface area contributed by atoms with Gasteiger partial charge in [0.25, 0.3) is 0 Å². The first-order chi connectivity index (χ1) is 34.5. The van der Waals surface area contributed by atoms with Gasteiger partial charge in [-0.3, -0.25) is 9.13 Å². The number of nitrogens with zero attached hydrogens (tertiary/aromatic N) is 4. The van der Waals surface area contributed by atoms with Gasteiger partial charge in [0, 0.05) is 33.2 Å². The molecular formula is C52H36N4Si. The van der Waals surface area contributed by atoms with Crippen LogP contribution in [0, 0.1) is 0 Å². The minimum atomic E-state index is -5.34. The molecule has 3 heterocycles. The Morgan fingerprint density at radius 2 is 0.842 bits per heavy atom. The number of hydrogen-bond acceptors (Lipinski definition) is 2. The van der Waals surface area contributed by atoms with Crippen molar-refractivity contribution in [3.8, 4) is 23.0 Å². The minimum absolute atomic E-state index is 0.0000935. The normalized spacial score (nSPS) is 15.5. The number of benzene rings is 8. The van der Waals surface area contributed by atoms with Crippen molar-refractivity contribution < 1.29 is 20.6 Å². The highest BCUT2D eigenvalue weighted by Gasteiger charge is 2.41. The Hall–Kier alpha value is -7.34. The number of fused-ring (bicyclic) bond motifs is 6. The van der Waals surface area contributed by atoms with E-state index in [9.17, 15) is 12.3 Å². The van der Waals surface area contributed by atoms with Crippen molar-refractivity contribution in [3.63, 3.8) is 0 Å². The lowest BCUT2D eigenvalue weighted by atomic mass is 10.1. The summed E-state index contributed by atoms with van der Waals surface area (Å²) in [5.41, 5.74) is 1.84. The van der Waals surface area contributed by atoms with Crippen LogP contribution in [0.1, 0.15) is 20.6 Å². The van der Waals surface area contributed by atoms with Crippen molar-refractivity contribution in [1.82, 2.24) is 19.1 Å². The van der Waals surface area contributed by atoms with E-state index in [0.29, 0.717) is 22.1 Å². The molecule has 0 fully saturated rings. The molecular weight excluding hydrogens is 709 g/mol. The van der Waals surface area contributed by atoms with Crippen LogP contribution in [0.25, 0.3) is 66.6 Å². The van der Waals surface area contributed by atoms with Crippen molar-refractivity contribution in [3.05, 3.63) is 218 Å². The first kappa shape index (κ1) is 21.1. The first-order valence-electron chi connectivity index (χ1n) is 25.7. The molecule has 0 amide bonds. The number of hydrogen-bond donors (Lipinski definition) is 0. The summed E-state index contributed by atoms with van der Waals surface area (Å²) < 4.78 is 145. The van der Waals surface area contributed by atoms with E-state index < -0.39 is 120 Å². The molecule has 0 aliphatic rings. The van der Waals surface area contributed by atoms with Crippen LogP contribution in [-0.4, -0.2) is 27.2 Å². The molecule has 4 nitrogen and oxygen atoms in total. The largest absolute Gasteiger partial charge is 0.294 e. The van der Waals surface area contributed by atoms with E-state index in [-0.39, 0.29) is 22.6 Å². The average Bonchev–Trinajstić information content (AvgIpc) is 3.91. The van der Waals surface area contributed by atoms with E-state index in [1.807, 2.05) is 97.1 Å². The second-order valence-electron chi connectivity index (χ2n) is 13.4. The van der Waals surface area contributed by atoms with E-state index in [0.717, 1.165) is 21.5 Å². The van der Waals surface area contributed by atoms with Crippen LogP contribution < -0.4 is 20.7 Å². The summed E-state index contributed by atoms with van der Waals surface area (Å²) >= 11 is 0. The van der Waals surface area contributed by atoms with Crippen molar-refractivity contribution in [2.24, 2.45) is 0 Å². The maximum absolute atomic E-state index is 10.5. The molecule has 8 aromatic carbocycles. The van der Waals surface area contributed by atoms with Gasteiger partial charge in [0.1, 0.15) is 5.82 Å². The van der Waals surface area contributed by atoms with Crippen molar-refractivity contribution >= 4 is 72.4 Å². The van der Waals surface area contributed by atoms with Crippen LogP contribution >= 0.6 is 0 Å². The van der Waals surface area contributed by atoms with Gasteiger partial charge in [0.15, 0.2) is 8.07 Å². The summed E-state index contributed by atoms with van der Waals surface area (Å²) in [6.45, 7) is 0. The third-order valence-electron chi connectivity index (χ3n) is 10.4. The molecule has 3 aromatic heterocycles. The predicted octanol–water partition coefficient (Wildman–Crippen LogP) is 9.72. The summed E-state index contributed by atoms with van der Waals surface area (Å²) in [6, 6.07) is 26.2. The summed E-state index contributed by atoms with van der Waals surface area (Å²) in [4.78, 5) is 10.2. The van der Waals surface area contributed by atoms with Gasteiger partial charge in [-0.25, -0.2) is 4.98 Å². The predicted molar refractivity (Wildman–Crippen MR) is 240 cm³/mol. The van der Waals surface area contributed by atoms with Crippen molar-refractivity contribution in [1.29, 1.82) is 0 Å². The van der Waals surface area contributed by atoms with Crippen LogP contribution in [0.2, 0.25) is 0 Å². The van der Waals surface area contributed by atoms with Crippen LogP contribution in [0.5, 0.6) is 0 Å². The molecule has 11 rings (SSSR count). The standard InChI is InChI=1S/C52H36N4Si/c1-4-20-38(21-5-1)57(39-22-6-2-7-23-39,40-24-8-3-9-25-40)41-26-18-19-37(35-41)46-36-51(55-47-31-14-10-27-42(47)43-28-11-15-32-48(43)55)54-52(53-46)56-49-33-16-12-29-44(49)45-30-13-17-34-50(45)56/h1-36H/i1D,2D,4D,5D,6D,7D,18D,19D,20D,21D,22D,23D,26D,35D,36D. The molecule has 0 bridgehead atoms. The second kappa shape index (κ2) is 13.4. The van der Waals surface area contributed by atoms with Crippen LogP contribution in [0.15, 0.2) is 218 Å². The Morgan fingerprint density at radius 3 is 1.37 bits per heavy atom. The third kappa shape index (κ3) is 5.20. The number of rotatable bonds is 7. The lowest BCUT2D eigenvalue weighted by Crippen LogP contribution is -2.74. The topological polar surface area (TPSA) is 35.6 Å². The zero-order valence-corrected chi connectivity index (χ0v) is 30.9. The van der Waals surface area contributed by atoms with Gasteiger partial charge in [-0.2, -0.15) is 4.98 Å². The molecule has 0 aliphatic carbocycles. The molecule has 0 saturated heterocycles.